The molecular weight excluding hydrogens is 312 g/mol. The van der Waals surface area contributed by atoms with Crippen LogP contribution in [-0.4, -0.2) is 25.2 Å². The van der Waals surface area contributed by atoms with E-state index < -0.39 is 0 Å². The zero-order valence-electron chi connectivity index (χ0n) is 12.6. The number of rotatable bonds is 3. The Morgan fingerprint density at radius 3 is 2.79 bits per heavy atom. The molecule has 2 heterocycles. The maximum atomic E-state index is 12.2. The Morgan fingerprint density at radius 1 is 1.04 bits per heavy atom. The van der Waals surface area contributed by atoms with Crippen LogP contribution in [0.1, 0.15) is 5.56 Å². The lowest BCUT2D eigenvalue weighted by atomic mass is 10.1. The van der Waals surface area contributed by atoms with E-state index in [0.29, 0.717) is 28.6 Å². The average molecular weight is 326 g/mol. The van der Waals surface area contributed by atoms with E-state index in [4.69, 9.17) is 14.2 Å². The molecule has 0 saturated carbocycles. The van der Waals surface area contributed by atoms with Crippen LogP contribution in [0.3, 0.4) is 0 Å². The molecule has 2 aliphatic heterocycles. The monoisotopic (exact) mass is 326 g/mol. The van der Waals surface area contributed by atoms with E-state index in [-0.39, 0.29) is 31.6 Å². The van der Waals surface area contributed by atoms with Crippen molar-refractivity contribution >= 4 is 23.2 Å². The fourth-order valence-electron chi connectivity index (χ4n) is 2.61. The first-order valence-electron chi connectivity index (χ1n) is 7.42. The quantitative estimate of drug-likeness (QED) is 0.900. The van der Waals surface area contributed by atoms with E-state index in [2.05, 4.69) is 10.6 Å². The van der Waals surface area contributed by atoms with Gasteiger partial charge in [-0.1, -0.05) is 6.07 Å². The van der Waals surface area contributed by atoms with Gasteiger partial charge in [-0.25, -0.2) is 0 Å². The summed E-state index contributed by atoms with van der Waals surface area (Å²) in [5.74, 6) is 1.51. The summed E-state index contributed by atoms with van der Waals surface area (Å²) in [7, 11) is 0. The van der Waals surface area contributed by atoms with E-state index in [0.717, 1.165) is 5.56 Å². The lowest BCUT2D eigenvalue weighted by molar-refractivity contribution is -0.118. The van der Waals surface area contributed by atoms with Gasteiger partial charge in [0, 0.05) is 11.8 Å². The van der Waals surface area contributed by atoms with Crippen molar-refractivity contribution in [3.63, 3.8) is 0 Å². The third-order valence-corrected chi connectivity index (χ3v) is 3.70. The Balaban J connectivity index is 1.44. The highest BCUT2D eigenvalue weighted by molar-refractivity contribution is 5.96. The molecule has 7 heteroatoms. The van der Waals surface area contributed by atoms with Crippen molar-refractivity contribution in [1.82, 2.24) is 0 Å². The maximum absolute atomic E-state index is 12.2. The van der Waals surface area contributed by atoms with Crippen molar-refractivity contribution in [2.24, 2.45) is 0 Å². The van der Waals surface area contributed by atoms with Crippen molar-refractivity contribution in [3.8, 4) is 17.2 Å². The van der Waals surface area contributed by atoms with E-state index >= 15 is 0 Å². The van der Waals surface area contributed by atoms with Crippen LogP contribution in [-0.2, 0) is 16.0 Å². The van der Waals surface area contributed by atoms with Gasteiger partial charge in [-0.2, -0.15) is 0 Å². The van der Waals surface area contributed by atoms with Crippen LogP contribution in [0.25, 0.3) is 0 Å². The molecule has 2 aromatic carbocycles. The van der Waals surface area contributed by atoms with Gasteiger partial charge in [-0.15, -0.1) is 0 Å². The molecule has 0 fully saturated rings. The third-order valence-electron chi connectivity index (χ3n) is 3.70. The molecule has 2 aromatic rings. The van der Waals surface area contributed by atoms with E-state index in [1.165, 1.54) is 0 Å². The molecule has 24 heavy (non-hydrogen) atoms. The summed E-state index contributed by atoms with van der Waals surface area (Å²) in [6.45, 7) is 0.201. The number of anilines is 2. The summed E-state index contributed by atoms with van der Waals surface area (Å²) in [4.78, 5) is 23.6. The summed E-state index contributed by atoms with van der Waals surface area (Å²) in [6.07, 6.45) is 0.178. The van der Waals surface area contributed by atoms with E-state index in [1.54, 1.807) is 36.4 Å². The Bertz CT molecular complexity index is 834. The van der Waals surface area contributed by atoms with Crippen LogP contribution in [0.4, 0.5) is 11.4 Å². The standard InChI is InChI=1S/C17H14N2O5/c20-16(18-11-2-4-14-15(7-11)24-9-23-14)6-10-1-3-13-12(5-10)19-17(21)8-22-13/h1-5,7H,6,8-9H2,(H,18,20)(H,19,21). The van der Waals surface area contributed by atoms with Crippen LogP contribution >= 0.6 is 0 Å². The summed E-state index contributed by atoms with van der Waals surface area (Å²) < 4.78 is 15.8. The second-order valence-corrected chi connectivity index (χ2v) is 5.46. The van der Waals surface area contributed by atoms with Crippen molar-refractivity contribution < 1.29 is 23.8 Å². The SMILES string of the molecule is O=C(Cc1ccc2c(c1)NC(=O)CO2)Nc1ccc2c(c1)OCO2. The third kappa shape index (κ3) is 2.83. The fourth-order valence-corrected chi connectivity index (χ4v) is 2.61. The van der Waals surface area contributed by atoms with Crippen molar-refractivity contribution in [2.45, 2.75) is 6.42 Å². The Labute approximate surface area is 137 Å². The first-order chi connectivity index (χ1) is 11.7. The van der Waals surface area contributed by atoms with Gasteiger partial charge in [0.15, 0.2) is 18.1 Å². The number of hydrogen-bond donors (Lipinski definition) is 2. The van der Waals surface area contributed by atoms with Crippen LogP contribution in [0.5, 0.6) is 17.2 Å². The summed E-state index contributed by atoms with van der Waals surface area (Å²) >= 11 is 0. The molecular formula is C17H14N2O5. The zero-order chi connectivity index (χ0) is 16.5. The minimum absolute atomic E-state index is 0.0109. The van der Waals surface area contributed by atoms with Crippen LogP contribution in [0.2, 0.25) is 0 Å². The minimum atomic E-state index is -0.204. The number of nitrogens with one attached hydrogen (secondary N) is 2. The molecule has 7 nitrogen and oxygen atoms in total. The van der Waals surface area contributed by atoms with Crippen molar-refractivity contribution in [3.05, 3.63) is 42.0 Å². The maximum Gasteiger partial charge on any atom is 0.262 e. The van der Waals surface area contributed by atoms with Gasteiger partial charge < -0.3 is 24.8 Å². The number of fused-ring (bicyclic) bond motifs is 2. The molecule has 0 radical (unpaired) electrons. The molecule has 0 bridgehead atoms. The number of benzene rings is 2. The molecule has 0 unspecified atom stereocenters. The molecule has 4 rings (SSSR count). The van der Waals surface area contributed by atoms with Crippen LogP contribution in [0, 0.1) is 0 Å². The highest BCUT2D eigenvalue weighted by atomic mass is 16.7. The largest absolute Gasteiger partial charge is 0.482 e. The predicted octanol–water partition coefficient (Wildman–Crippen LogP) is 1.93. The second-order valence-electron chi connectivity index (χ2n) is 5.46. The summed E-state index contributed by atoms with van der Waals surface area (Å²) in [5.41, 5.74) is 2.00. The molecule has 0 atom stereocenters. The molecule has 122 valence electrons. The number of carbonyl (C=O) groups is 2. The number of hydrogen-bond acceptors (Lipinski definition) is 5. The molecule has 2 N–H and O–H groups in total. The smallest absolute Gasteiger partial charge is 0.262 e. The van der Waals surface area contributed by atoms with E-state index in [1.807, 2.05) is 0 Å². The van der Waals surface area contributed by atoms with Gasteiger partial charge in [0.25, 0.3) is 5.91 Å². The number of carbonyl (C=O) groups excluding carboxylic acids is 2. The lowest BCUT2D eigenvalue weighted by Crippen LogP contribution is -2.25. The topological polar surface area (TPSA) is 85.9 Å². The fraction of sp³-hybridized carbons (Fsp3) is 0.176. The van der Waals surface area contributed by atoms with E-state index in [9.17, 15) is 9.59 Å². The zero-order valence-corrected chi connectivity index (χ0v) is 12.6. The average Bonchev–Trinajstić information content (AvgIpc) is 3.02. The highest BCUT2D eigenvalue weighted by Gasteiger charge is 2.17. The Hall–Kier alpha value is -3.22. The molecule has 0 aliphatic carbocycles. The van der Waals surface area contributed by atoms with Gasteiger partial charge in [0.2, 0.25) is 12.7 Å². The highest BCUT2D eigenvalue weighted by Crippen LogP contribution is 2.34. The summed E-state index contributed by atoms with van der Waals surface area (Å²) in [6, 6.07) is 10.5. The van der Waals surface area contributed by atoms with Gasteiger partial charge in [-0.05, 0) is 29.8 Å². The van der Waals surface area contributed by atoms with Crippen LogP contribution in [0.15, 0.2) is 36.4 Å². The van der Waals surface area contributed by atoms with Gasteiger partial charge >= 0.3 is 0 Å². The van der Waals surface area contributed by atoms with Crippen molar-refractivity contribution in [1.29, 1.82) is 0 Å². The summed E-state index contributed by atoms with van der Waals surface area (Å²) in [5, 5.41) is 5.54. The lowest BCUT2D eigenvalue weighted by Gasteiger charge is -2.18. The van der Waals surface area contributed by atoms with Gasteiger partial charge in [0.1, 0.15) is 5.75 Å². The molecule has 0 saturated heterocycles. The predicted molar refractivity (Wildman–Crippen MR) is 85.5 cm³/mol. The molecule has 0 spiro atoms. The Morgan fingerprint density at radius 2 is 1.88 bits per heavy atom. The normalized spacial score (nSPS) is 14.4. The Kier molecular flexibility index (Phi) is 3.45. The first-order valence-corrected chi connectivity index (χ1v) is 7.42. The molecule has 2 amide bonds. The number of amides is 2. The van der Waals surface area contributed by atoms with Gasteiger partial charge in [-0.3, -0.25) is 9.59 Å². The minimum Gasteiger partial charge on any atom is -0.482 e. The second kappa shape index (κ2) is 5.77. The van der Waals surface area contributed by atoms with Crippen molar-refractivity contribution in [2.75, 3.05) is 24.0 Å². The molecule has 2 aliphatic rings. The van der Waals surface area contributed by atoms with Crippen LogP contribution < -0.4 is 24.8 Å². The first kappa shape index (κ1) is 14.4. The van der Waals surface area contributed by atoms with Gasteiger partial charge in [0.05, 0.1) is 12.1 Å². The molecule has 0 aromatic heterocycles. The number of ether oxygens (including phenoxy) is 3.